The zero-order valence-electron chi connectivity index (χ0n) is 15.2. The molecule has 130 valence electrons. The highest BCUT2D eigenvalue weighted by atomic mass is 16.5. The van der Waals surface area contributed by atoms with Crippen LogP contribution in [-0.2, 0) is 0 Å². The van der Waals surface area contributed by atoms with Crippen LogP contribution in [0.4, 0.5) is 0 Å². The molecule has 0 spiro atoms. The van der Waals surface area contributed by atoms with Gasteiger partial charge in [0.15, 0.2) is 11.5 Å². The van der Waals surface area contributed by atoms with Gasteiger partial charge in [-0.2, -0.15) is 0 Å². The van der Waals surface area contributed by atoms with Crippen LogP contribution in [-0.4, -0.2) is 12.2 Å². The zero-order chi connectivity index (χ0) is 17.8. The molecule has 3 rings (SSSR count). The van der Waals surface area contributed by atoms with Gasteiger partial charge >= 0.3 is 0 Å². The Labute approximate surface area is 149 Å². The summed E-state index contributed by atoms with van der Waals surface area (Å²) in [6.45, 7) is 8.06. The molecule has 0 N–H and O–H groups in total. The van der Waals surface area contributed by atoms with Gasteiger partial charge in [-0.3, -0.25) is 0 Å². The molecule has 0 aliphatic heterocycles. The first-order valence-corrected chi connectivity index (χ1v) is 8.65. The lowest BCUT2D eigenvalue weighted by molar-refractivity contribution is 0.234. The molecule has 3 aromatic carbocycles. The van der Waals surface area contributed by atoms with Crippen LogP contribution in [0, 0.1) is 0 Å². The predicted molar refractivity (Wildman–Crippen MR) is 102 cm³/mol. The van der Waals surface area contributed by atoms with E-state index >= 15 is 0 Å². The second kappa shape index (κ2) is 7.47. The van der Waals surface area contributed by atoms with Crippen molar-refractivity contribution in [1.82, 2.24) is 0 Å². The number of fused-ring (bicyclic) bond motifs is 1. The molecule has 0 saturated carbocycles. The van der Waals surface area contributed by atoms with E-state index in [1.54, 1.807) is 0 Å². The van der Waals surface area contributed by atoms with Crippen LogP contribution in [0.1, 0.15) is 27.7 Å². The average molecular weight is 336 g/mol. The van der Waals surface area contributed by atoms with Gasteiger partial charge in [-0.1, -0.05) is 24.3 Å². The van der Waals surface area contributed by atoms with E-state index in [4.69, 9.17) is 14.2 Å². The molecular formula is C22H24O3. The van der Waals surface area contributed by atoms with Gasteiger partial charge in [0.2, 0.25) is 0 Å². The Kier molecular flexibility index (Phi) is 5.13. The standard InChI is InChI=1S/C22H24O3/c1-15(2)23-20-11-10-17-13-22(25-19-8-6-5-7-9-19)21(24-16(3)4)14-18(17)12-20/h5-16H,1-4H3. The van der Waals surface area contributed by atoms with Crippen LogP contribution in [0.15, 0.2) is 60.7 Å². The van der Waals surface area contributed by atoms with Crippen LogP contribution >= 0.6 is 0 Å². The van der Waals surface area contributed by atoms with E-state index in [0.717, 1.165) is 28.0 Å². The minimum Gasteiger partial charge on any atom is -0.491 e. The van der Waals surface area contributed by atoms with Crippen molar-refractivity contribution >= 4 is 10.8 Å². The molecule has 0 unspecified atom stereocenters. The Bertz CT molecular complexity index is 839. The number of ether oxygens (including phenoxy) is 3. The van der Waals surface area contributed by atoms with Crippen molar-refractivity contribution in [2.75, 3.05) is 0 Å². The van der Waals surface area contributed by atoms with Gasteiger partial charge in [0.1, 0.15) is 11.5 Å². The zero-order valence-corrected chi connectivity index (χ0v) is 15.2. The van der Waals surface area contributed by atoms with Crippen LogP contribution in [0.3, 0.4) is 0 Å². The monoisotopic (exact) mass is 336 g/mol. The Morgan fingerprint density at radius 2 is 1.28 bits per heavy atom. The highest BCUT2D eigenvalue weighted by Crippen LogP contribution is 2.37. The minimum atomic E-state index is 0.0608. The van der Waals surface area contributed by atoms with Crippen molar-refractivity contribution in [3.63, 3.8) is 0 Å². The van der Waals surface area contributed by atoms with Gasteiger partial charge in [0, 0.05) is 0 Å². The summed E-state index contributed by atoms with van der Waals surface area (Å²) in [5.41, 5.74) is 0. The Morgan fingerprint density at radius 3 is 1.96 bits per heavy atom. The van der Waals surface area contributed by atoms with E-state index in [0.29, 0.717) is 5.75 Å². The maximum atomic E-state index is 6.06. The maximum Gasteiger partial charge on any atom is 0.169 e. The number of para-hydroxylation sites is 1. The van der Waals surface area contributed by atoms with Crippen molar-refractivity contribution in [3.8, 4) is 23.0 Å². The van der Waals surface area contributed by atoms with Crippen molar-refractivity contribution < 1.29 is 14.2 Å². The lowest BCUT2D eigenvalue weighted by atomic mass is 10.1. The first-order chi connectivity index (χ1) is 12.0. The summed E-state index contributed by atoms with van der Waals surface area (Å²) in [6, 6.07) is 19.8. The highest BCUT2D eigenvalue weighted by Gasteiger charge is 2.11. The van der Waals surface area contributed by atoms with Crippen LogP contribution in [0.5, 0.6) is 23.0 Å². The maximum absolute atomic E-state index is 6.06. The van der Waals surface area contributed by atoms with Gasteiger partial charge in [-0.15, -0.1) is 0 Å². The predicted octanol–water partition coefficient (Wildman–Crippen LogP) is 6.21. The SMILES string of the molecule is CC(C)Oc1ccc2cc(Oc3ccccc3)c(OC(C)C)cc2c1. The molecule has 0 aliphatic carbocycles. The fourth-order valence-electron chi connectivity index (χ4n) is 2.62. The molecule has 0 aliphatic rings. The van der Waals surface area contributed by atoms with Crippen molar-refractivity contribution in [2.24, 2.45) is 0 Å². The Hall–Kier alpha value is -2.68. The molecule has 0 saturated heterocycles. The van der Waals surface area contributed by atoms with E-state index in [1.165, 1.54) is 0 Å². The molecule has 0 bridgehead atoms. The van der Waals surface area contributed by atoms with Gasteiger partial charge in [-0.05, 0) is 74.9 Å². The smallest absolute Gasteiger partial charge is 0.169 e. The van der Waals surface area contributed by atoms with Gasteiger partial charge in [-0.25, -0.2) is 0 Å². The third-order valence-corrected chi connectivity index (χ3v) is 3.58. The molecule has 0 aromatic heterocycles. The van der Waals surface area contributed by atoms with Crippen molar-refractivity contribution in [2.45, 2.75) is 39.9 Å². The summed E-state index contributed by atoms with van der Waals surface area (Å²) >= 11 is 0. The molecule has 0 atom stereocenters. The van der Waals surface area contributed by atoms with E-state index in [1.807, 2.05) is 88.4 Å². The first kappa shape index (κ1) is 17.2. The Balaban J connectivity index is 2.02. The van der Waals surface area contributed by atoms with Crippen LogP contribution < -0.4 is 14.2 Å². The molecule has 0 radical (unpaired) electrons. The molecule has 0 heterocycles. The quantitative estimate of drug-likeness (QED) is 0.536. The highest BCUT2D eigenvalue weighted by molar-refractivity contribution is 5.87. The molecular weight excluding hydrogens is 312 g/mol. The van der Waals surface area contributed by atoms with Crippen LogP contribution in [0.2, 0.25) is 0 Å². The number of rotatable bonds is 6. The van der Waals surface area contributed by atoms with E-state index in [-0.39, 0.29) is 12.2 Å². The van der Waals surface area contributed by atoms with Gasteiger partial charge in [0.25, 0.3) is 0 Å². The average Bonchev–Trinajstić information content (AvgIpc) is 2.55. The lowest BCUT2D eigenvalue weighted by Crippen LogP contribution is -2.07. The largest absolute Gasteiger partial charge is 0.491 e. The van der Waals surface area contributed by atoms with Crippen LogP contribution in [0.25, 0.3) is 10.8 Å². The second-order valence-electron chi connectivity index (χ2n) is 6.56. The van der Waals surface area contributed by atoms with Gasteiger partial charge < -0.3 is 14.2 Å². The van der Waals surface area contributed by atoms with E-state index in [9.17, 15) is 0 Å². The molecule has 3 nitrogen and oxygen atoms in total. The third kappa shape index (κ3) is 4.44. The fraction of sp³-hybridized carbons (Fsp3) is 0.273. The normalized spacial score (nSPS) is 11.1. The summed E-state index contributed by atoms with van der Waals surface area (Å²) < 4.78 is 17.8. The molecule has 0 fully saturated rings. The van der Waals surface area contributed by atoms with Crippen molar-refractivity contribution in [1.29, 1.82) is 0 Å². The van der Waals surface area contributed by atoms with E-state index < -0.39 is 0 Å². The Morgan fingerprint density at radius 1 is 0.600 bits per heavy atom. The molecule has 25 heavy (non-hydrogen) atoms. The van der Waals surface area contributed by atoms with Crippen molar-refractivity contribution in [3.05, 3.63) is 60.7 Å². The summed E-state index contributed by atoms with van der Waals surface area (Å²) in [5, 5.41) is 2.15. The molecule has 3 aromatic rings. The topological polar surface area (TPSA) is 27.7 Å². The molecule has 3 heteroatoms. The summed E-state index contributed by atoms with van der Waals surface area (Å²) in [6.07, 6.45) is 0.204. The first-order valence-electron chi connectivity index (χ1n) is 8.65. The summed E-state index contributed by atoms with van der Waals surface area (Å²) in [4.78, 5) is 0. The number of benzene rings is 3. The van der Waals surface area contributed by atoms with Gasteiger partial charge in [0.05, 0.1) is 12.2 Å². The summed E-state index contributed by atoms with van der Waals surface area (Å²) in [7, 11) is 0. The number of hydrogen-bond acceptors (Lipinski definition) is 3. The fourth-order valence-corrected chi connectivity index (χ4v) is 2.62. The molecule has 0 amide bonds. The lowest BCUT2D eigenvalue weighted by Gasteiger charge is -2.17. The number of hydrogen-bond donors (Lipinski definition) is 0. The second-order valence-corrected chi connectivity index (χ2v) is 6.56. The summed E-state index contributed by atoms with van der Waals surface area (Å²) in [5.74, 6) is 3.09. The minimum absolute atomic E-state index is 0.0608. The third-order valence-electron chi connectivity index (χ3n) is 3.58. The van der Waals surface area contributed by atoms with E-state index in [2.05, 4.69) is 0 Å².